The first-order chi connectivity index (χ1) is 10.2. The van der Waals surface area contributed by atoms with Crippen LogP contribution < -0.4 is 11.1 Å². The minimum atomic E-state index is -0.139. The SMILES string of the molecule is NC(=NO)c1cccc(C(=O)NCCN2CCCCC2)c1. The van der Waals surface area contributed by atoms with Crippen molar-refractivity contribution in [2.75, 3.05) is 26.2 Å². The average Bonchev–Trinajstić information content (AvgIpc) is 2.55. The first-order valence-corrected chi connectivity index (χ1v) is 7.29. The molecule has 1 aliphatic rings. The van der Waals surface area contributed by atoms with E-state index < -0.39 is 0 Å². The molecule has 1 aromatic rings. The van der Waals surface area contributed by atoms with E-state index in [0.29, 0.717) is 17.7 Å². The number of nitrogens with two attached hydrogens (primary N) is 1. The van der Waals surface area contributed by atoms with Crippen LogP contribution in [0.1, 0.15) is 35.2 Å². The van der Waals surface area contributed by atoms with Gasteiger partial charge >= 0.3 is 0 Å². The van der Waals surface area contributed by atoms with Crippen LogP contribution in [0.2, 0.25) is 0 Å². The van der Waals surface area contributed by atoms with Crippen molar-refractivity contribution >= 4 is 11.7 Å². The van der Waals surface area contributed by atoms with Crippen molar-refractivity contribution in [3.05, 3.63) is 35.4 Å². The van der Waals surface area contributed by atoms with Gasteiger partial charge in [-0.3, -0.25) is 4.79 Å². The Morgan fingerprint density at radius 3 is 2.71 bits per heavy atom. The van der Waals surface area contributed by atoms with Gasteiger partial charge in [0.2, 0.25) is 0 Å². The van der Waals surface area contributed by atoms with Crippen LogP contribution in [0.15, 0.2) is 29.4 Å². The van der Waals surface area contributed by atoms with Crippen LogP contribution in [-0.2, 0) is 0 Å². The highest BCUT2D eigenvalue weighted by Gasteiger charge is 2.11. The number of nitrogens with one attached hydrogen (secondary N) is 1. The summed E-state index contributed by atoms with van der Waals surface area (Å²) in [4.78, 5) is 14.4. The minimum absolute atomic E-state index is 0.00188. The lowest BCUT2D eigenvalue weighted by atomic mass is 10.1. The zero-order valence-electron chi connectivity index (χ0n) is 12.1. The molecule has 1 fully saturated rings. The van der Waals surface area contributed by atoms with Crippen molar-refractivity contribution < 1.29 is 10.0 Å². The number of likely N-dealkylation sites (tertiary alicyclic amines) is 1. The largest absolute Gasteiger partial charge is 0.409 e. The third kappa shape index (κ3) is 4.46. The van der Waals surface area contributed by atoms with E-state index in [-0.39, 0.29) is 11.7 Å². The number of hydrogen-bond acceptors (Lipinski definition) is 4. The van der Waals surface area contributed by atoms with Crippen molar-refractivity contribution in [2.24, 2.45) is 10.9 Å². The fraction of sp³-hybridized carbons (Fsp3) is 0.467. The Balaban J connectivity index is 1.85. The Kier molecular flexibility index (Phi) is 5.57. The summed E-state index contributed by atoms with van der Waals surface area (Å²) >= 11 is 0. The molecule has 1 amide bonds. The van der Waals surface area contributed by atoms with Crippen LogP contribution in [0.5, 0.6) is 0 Å². The second kappa shape index (κ2) is 7.64. The highest BCUT2D eigenvalue weighted by molar-refractivity contribution is 6.01. The van der Waals surface area contributed by atoms with Crippen molar-refractivity contribution in [3.63, 3.8) is 0 Å². The zero-order valence-corrected chi connectivity index (χ0v) is 12.1. The van der Waals surface area contributed by atoms with Gasteiger partial charge in [-0.15, -0.1) is 0 Å². The maximum absolute atomic E-state index is 12.1. The monoisotopic (exact) mass is 290 g/mol. The molecule has 4 N–H and O–H groups in total. The van der Waals surface area contributed by atoms with Gasteiger partial charge in [0.05, 0.1) is 0 Å². The summed E-state index contributed by atoms with van der Waals surface area (Å²) in [6, 6.07) is 6.74. The van der Waals surface area contributed by atoms with Gasteiger partial charge in [-0.1, -0.05) is 23.7 Å². The Labute approximate surface area is 124 Å². The van der Waals surface area contributed by atoms with Crippen molar-refractivity contribution in [3.8, 4) is 0 Å². The summed E-state index contributed by atoms with van der Waals surface area (Å²) in [5.74, 6) is -0.141. The summed E-state index contributed by atoms with van der Waals surface area (Å²) in [6.07, 6.45) is 3.80. The van der Waals surface area contributed by atoms with Gasteiger partial charge in [0.1, 0.15) is 0 Å². The van der Waals surface area contributed by atoms with Crippen LogP contribution in [0, 0.1) is 0 Å². The smallest absolute Gasteiger partial charge is 0.251 e. The van der Waals surface area contributed by atoms with E-state index >= 15 is 0 Å². The molecule has 0 spiro atoms. The number of benzene rings is 1. The van der Waals surface area contributed by atoms with E-state index in [0.717, 1.165) is 19.6 Å². The Hall–Kier alpha value is -2.08. The fourth-order valence-corrected chi connectivity index (χ4v) is 2.49. The number of piperidine rings is 1. The third-order valence-electron chi connectivity index (χ3n) is 3.69. The predicted octanol–water partition coefficient (Wildman–Crippen LogP) is 0.997. The van der Waals surface area contributed by atoms with Gasteiger partial charge in [-0.2, -0.15) is 0 Å². The van der Waals surface area contributed by atoms with Crippen LogP contribution in [0.4, 0.5) is 0 Å². The maximum Gasteiger partial charge on any atom is 0.251 e. The molecule has 114 valence electrons. The van der Waals surface area contributed by atoms with E-state index in [9.17, 15) is 4.79 Å². The number of rotatable bonds is 5. The van der Waals surface area contributed by atoms with Crippen LogP contribution in [-0.4, -0.2) is 48.0 Å². The number of carbonyl (C=O) groups is 1. The third-order valence-corrected chi connectivity index (χ3v) is 3.69. The molecule has 6 nitrogen and oxygen atoms in total. The fourth-order valence-electron chi connectivity index (χ4n) is 2.49. The summed E-state index contributed by atoms with van der Waals surface area (Å²) < 4.78 is 0. The molecule has 2 rings (SSSR count). The summed E-state index contributed by atoms with van der Waals surface area (Å²) in [5, 5.41) is 14.5. The molecule has 0 aliphatic carbocycles. The molecule has 1 heterocycles. The molecule has 1 aromatic carbocycles. The summed E-state index contributed by atoms with van der Waals surface area (Å²) in [5.41, 5.74) is 6.56. The van der Waals surface area contributed by atoms with Crippen LogP contribution in [0.3, 0.4) is 0 Å². The van der Waals surface area contributed by atoms with Crippen LogP contribution >= 0.6 is 0 Å². The first kappa shape index (κ1) is 15.3. The molecule has 0 saturated carbocycles. The average molecular weight is 290 g/mol. The number of carbonyl (C=O) groups excluding carboxylic acids is 1. The molecular weight excluding hydrogens is 268 g/mol. The van der Waals surface area contributed by atoms with Gasteiger partial charge in [-0.05, 0) is 38.1 Å². The Morgan fingerprint density at radius 1 is 1.29 bits per heavy atom. The highest BCUT2D eigenvalue weighted by atomic mass is 16.4. The maximum atomic E-state index is 12.1. The standard InChI is InChI=1S/C15H22N4O2/c16-14(18-21)12-5-4-6-13(11-12)15(20)17-7-10-19-8-2-1-3-9-19/h4-6,11,21H,1-3,7-10H2,(H2,16,18)(H,17,20). The molecule has 1 aliphatic heterocycles. The number of oxime groups is 1. The molecule has 0 aromatic heterocycles. The van der Waals surface area contributed by atoms with Gasteiger partial charge < -0.3 is 21.2 Å². The second-order valence-corrected chi connectivity index (χ2v) is 5.22. The number of amides is 1. The minimum Gasteiger partial charge on any atom is -0.409 e. The lowest BCUT2D eigenvalue weighted by Crippen LogP contribution is -2.37. The van der Waals surface area contributed by atoms with E-state index in [4.69, 9.17) is 10.9 Å². The molecule has 6 heteroatoms. The molecule has 0 unspecified atom stereocenters. The quantitative estimate of drug-likeness (QED) is 0.326. The molecule has 0 bridgehead atoms. The van der Waals surface area contributed by atoms with E-state index in [2.05, 4.69) is 15.4 Å². The van der Waals surface area contributed by atoms with Gasteiger partial charge in [-0.25, -0.2) is 0 Å². The van der Waals surface area contributed by atoms with Crippen molar-refractivity contribution in [1.82, 2.24) is 10.2 Å². The predicted molar refractivity (Wildman–Crippen MR) is 81.6 cm³/mol. The highest BCUT2D eigenvalue weighted by Crippen LogP contribution is 2.08. The Bertz CT molecular complexity index is 510. The van der Waals surface area contributed by atoms with E-state index in [1.807, 2.05) is 0 Å². The second-order valence-electron chi connectivity index (χ2n) is 5.22. The van der Waals surface area contributed by atoms with Gasteiger partial charge in [0.15, 0.2) is 5.84 Å². The Morgan fingerprint density at radius 2 is 2.00 bits per heavy atom. The number of nitrogens with zero attached hydrogens (tertiary/aromatic N) is 2. The lowest BCUT2D eigenvalue weighted by Gasteiger charge is -2.26. The molecule has 21 heavy (non-hydrogen) atoms. The van der Waals surface area contributed by atoms with E-state index in [1.165, 1.54) is 19.3 Å². The normalized spacial score (nSPS) is 16.7. The molecule has 0 atom stereocenters. The molecule has 0 radical (unpaired) electrons. The molecular formula is C15H22N4O2. The lowest BCUT2D eigenvalue weighted by molar-refractivity contribution is 0.0946. The summed E-state index contributed by atoms with van der Waals surface area (Å²) in [7, 11) is 0. The zero-order chi connectivity index (χ0) is 15.1. The summed E-state index contributed by atoms with van der Waals surface area (Å²) in [6.45, 7) is 3.75. The van der Waals surface area contributed by atoms with Crippen LogP contribution in [0.25, 0.3) is 0 Å². The van der Waals surface area contributed by atoms with Gasteiger partial charge in [0.25, 0.3) is 5.91 Å². The van der Waals surface area contributed by atoms with E-state index in [1.54, 1.807) is 24.3 Å². The molecule has 1 saturated heterocycles. The number of hydrogen-bond donors (Lipinski definition) is 3. The number of amidine groups is 1. The van der Waals surface area contributed by atoms with Crippen molar-refractivity contribution in [2.45, 2.75) is 19.3 Å². The van der Waals surface area contributed by atoms with Gasteiger partial charge in [0, 0.05) is 24.2 Å². The topological polar surface area (TPSA) is 91.0 Å². The van der Waals surface area contributed by atoms with Crippen molar-refractivity contribution in [1.29, 1.82) is 0 Å². The first-order valence-electron chi connectivity index (χ1n) is 7.29.